The maximum absolute atomic E-state index is 11.0. The van der Waals surface area contributed by atoms with Gasteiger partial charge in [-0.3, -0.25) is 10.2 Å². The minimum atomic E-state index is -0.782. The van der Waals surface area contributed by atoms with E-state index in [1.165, 1.54) is 6.20 Å². The number of rotatable bonds is 4. The van der Waals surface area contributed by atoms with Crippen LogP contribution in [0.25, 0.3) is 0 Å². The van der Waals surface area contributed by atoms with Crippen LogP contribution in [0.5, 0.6) is 0 Å². The number of carbonyl (C=O) groups excluding carboxylic acids is 1. The molecule has 1 amide bonds. The topological polar surface area (TPSA) is 138 Å². The first-order chi connectivity index (χ1) is 8.06. The molecule has 0 spiro atoms. The van der Waals surface area contributed by atoms with Crippen molar-refractivity contribution in [2.24, 2.45) is 17.4 Å². The number of nitrogens with two attached hydrogens (primary N) is 2. The number of amidine groups is 1. The average Bonchev–Trinajstić information content (AvgIpc) is 2.29. The van der Waals surface area contributed by atoms with Crippen molar-refractivity contribution in [1.82, 2.24) is 5.32 Å². The van der Waals surface area contributed by atoms with Crippen LogP contribution in [-0.2, 0) is 9.53 Å². The second kappa shape index (κ2) is 5.86. The minimum Gasteiger partial charge on any atom is -0.384 e. The largest absolute Gasteiger partial charge is 0.384 e. The molecule has 1 aliphatic heterocycles. The Labute approximate surface area is 98.9 Å². The van der Waals surface area contributed by atoms with Crippen LogP contribution < -0.4 is 16.8 Å². The summed E-state index contributed by atoms with van der Waals surface area (Å²) in [6.07, 6.45) is 1.91. The van der Waals surface area contributed by atoms with E-state index in [0.29, 0.717) is 19.6 Å². The molecule has 7 nitrogen and oxygen atoms in total. The Bertz CT molecular complexity index is 369. The first-order valence-corrected chi connectivity index (χ1v) is 5.14. The molecule has 0 saturated carbocycles. The number of nitrogens with zero attached hydrogens (tertiary/aromatic N) is 1. The highest BCUT2D eigenvalue weighted by Gasteiger charge is 2.24. The van der Waals surface area contributed by atoms with Crippen molar-refractivity contribution in [2.45, 2.75) is 12.5 Å². The molecule has 1 unspecified atom stereocenters. The Morgan fingerprint density at radius 1 is 1.59 bits per heavy atom. The van der Waals surface area contributed by atoms with Gasteiger partial charge in [-0.1, -0.05) is 0 Å². The monoisotopic (exact) mass is 237 g/mol. The van der Waals surface area contributed by atoms with Crippen LogP contribution in [0.1, 0.15) is 6.42 Å². The van der Waals surface area contributed by atoms with Crippen molar-refractivity contribution in [3.8, 4) is 6.07 Å². The molecule has 0 bridgehead atoms. The summed E-state index contributed by atoms with van der Waals surface area (Å²) >= 11 is 0. The van der Waals surface area contributed by atoms with Gasteiger partial charge in [0.25, 0.3) is 5.91 Å². The van der Waals surface area contributed by atoms with Crippen LogP contribution in [0.15, 0.2) is 11.8 Å². The number of hydrogen-bond acceptors (Lipinski definition) is 5. The standard InChI is InChI=1S/C10H15N5O2/c11-3-6-1-2-17-5-8(6)15-4-7(9(12)13)10(14)16/h4,6,8,15H,1-2,5H2,(H3,12,13)(H2,14,16)/b7-4+/t6-,8?/m1/s1. The predicted octanol–water partition coefficient (Wildman–Crippen LogP) is -1.19. The van der Waals surface area contributed by atoms with Crippen molar-refractivity contribution in [1.29, 1.82) is 10.7 Å². The van der Waals surface area contributed by atoms with Gasteiger partial charge in [0, 0.05) is 12.8 Å². The fraction of sp³-hybridized carbons (Fsp3) is 0.500. The highest BCUT2D eigenvalue weighted by atomic mass is 16.5. The Morgan fingerprint density at radius 2 is 2.29 bits per heavy atom. The number of hydrogen-bond donors (Lipinski definition) is 4. The molecular formula is C10H15N5O2. The molecule has 0 radical (unpaired) electrons. The van der Waals surface area contributed by atoms with Crippen LogP contribution in [0.2, 0.25) is 0 Å². The molecule has 1 rings (SSSR count). The summed E-state index contributed by atoms with van der Waals surface area (Å²) in [5.41, 5.74) is 10.2. The molecule has 92 valence electrons. The summed E-state index contributed by atoms with van der Waals surface area (Å²) in [6, 6.07) is 1.94. The lowest BCUT2D eigenvalue weighted by atomic mass is 9.96. The lowest BCUT2D eigenvalue weighted by molar-refractivity contribution is -0.114. The summed E-state index contributed by atoms with van der Waals surface area (Å²) in [5, 5.41) is 18.9. The predicted molar refractivity (Wildman–Crippen MR) is 60.7 cm³/mol. The van der Waals surface area contributed by atoms with E-state index < -0.39 is 11.7 Å². The normalized spacial score (nSPS) is 24.8. The molecule has 0 aliphatic carbocycles. The summed E-state index contributed by atoms with van der Waals surface area (Å²) < 4.78 is 5.22. The molecule has 2 atom stereocenters. The Hall–Kier alpha value is -2.07. The van der Waals surface area contributed by atoms with E-state index in [4.69, 9.17) is 26.9 Å². The van der Waals surface area contributed by atoms with Crippen molar-refractivity contribution in [2.75, 3.05) is 13.2 Å². The van der Waals surface area contributed by atoms with Crippen LogP contribution in [0, 0.1) is 22.7 Å². The van der Waals surface area contributed by atoms with E-state index >= 15 is 0 Å². The molecule has 6 N–H and O–H groups in total. The second-order valence-corrected chi connectivity index (χ2v) is 3.71. The molecule has 0 aromatic rings. The summed E-state index contributed by atoms with van der Waals surface area (Å²) in [5.74, 6) is -1.38. The van der Waals surface area contributed by atoms with Gasteiger partial charge in [0.15, 0.2) is 0 Å². The van der Waals surface area contributed by atoms with Crippen LogP contribution in [0.4, 0.5) is 0 Å². The highest BCUT2D eigenvalue weighted by Crippen LogP contribution is 2.14. The summed E-state index contributed by atoms with van der Waals surface area (Å²) in [4.78, 5) is 11.0. The molecule has 1 fully saturated rings. The van der Waals surface area contributed by atoms with Crippen LogP contribution in [0.3, 0.4) is 0 Å². The van der Waals surface area contributed by atoms with Gasteiger partial charge in [0.1, 0.15) is 5.84 Å². The van der Waals surface area contributed by atoms with Crippen molar-refractivity contribution >= 4 is 11.7 Å². The lowest BCUT2D eigenvalue weighted by Crippen LogP contribution is -2.41. The molecular weight excluding hydrogens is 222 g/mol. The zero-order valence-corrected chi connectivity index (χ0v) is 9.27. The van der Waals surface area contributed by atoms with Gasteiger partial charge < -0.3 is 21.5 Å². The molecule has 1 aliphatic rings. The smallest absolute Gasteiger partial charge is 0.253 e. The number of nitrogens with one attached hydrogen (secondary N) is 2. The molecule has 1 heterocycles. The molecule has 7 heteroatoms. The Kier molecular flexibility index (Phi) is 4.48. The van der Waals surface area contributed by atoms with Gasteiger partial charge >= 0.3 is 0 Å². The zero-order valence-electron chi connectivity index (χ0n) is 9.27. The van der Waals surface area contributed by atoms with Crippen LogP contribution >= 0.6 is 0 Å². The van der Waals surface area contributed by atoms with E-state index in [2.05, 4.69) is 11.4 Å². The van der Waals surface area contributed by atoms with Gasteiger partial charge in [-0.05, 0) is 6.42 Å². The van der Waals surface area contributed by atoms with Gasteiger partial charge in [-0.15, -0.1) is 0 Å². The van der Waals surface area contributed by atoms with Gasteiger partial charge in [-0.25, -0.2) is 0 Å². The number of amides is 1. The van der Waals surface area contributed by atoms with E-state index in [9.17, 15) is 4.79 Å². The van der Waals surface area contributed by atoms with Crippen molar-refractivity contribution in [3.05, 3.63) is 11.8 Å². The zero-order chi connectivity index (χ0) is 12.8. The third kappa shape index (κ3) is 3.46. The van der Waals surface area contributed by atoms with Crippen molar-refractivity contribution in [3.63, 3.8) is 0 Å². The first-order valence-electron chi connectivity index (χ1n) is 5.14. The quantitative estimate of drug-likeness (QED) is 0.276. The third-order valence-electron chi connectivity index (χ3n) is 2.52. The van der Waals surface area contributed by atoms with Gasteiger partial charge in [-0.2, -0.15) is 5.26 Å². The Balaban J connectivity index is 2.70. The van der Waals surface area contributed by atoms with Gasteiger partial charge in [0.2, 0.25) is 0 Å². The van der Waals surface area contributed by atoms with Gasteiger partial charge in [0.05, 0.1) is 30.2 Å². The number of nitriles is 1. The van der Waals surface area contributed by atoms with Crippen LogP contribution in [-0.4, -0.2) is 31.0 Å². The summed E-state index contributed by atoms with van der Waals surface area (Å²) in [6.45, 7) is 0.925. The van der Waals surface area contributed by atoms with E-state index in [-0.39, 0.29) is 17.5 Å². The first kappa shape index (κ1) is 13.0. The van der Waals surface area contributed by atoms with E-state index in [0.717, 1.165) is 0 Å². The highest BCUT2D eigenvalue weighted by molar-refractivity contribution is 6.18. The van der Waals surface area contributed by atoms with Crippen molar-refractivity contribution < 1.29 is 9.53 Å². The third-order valence-corrected chi connectivity index (χ3v) is 2.52. The molecule has 0 aromatic heterocycles. The minimum absolute atomic E-state index is 0.104. The average molecular weight is 237 g/mol. The second-order valence-electron chi connectivity index (χ2n) is 3.71. The number of carbonyl (C=O) groups is 1. The van der Waals surface area contributed by atoms with E-state index in [1.807, 2.05) is 0 Å². The fourth-order valence-electron chi connectivity index (χ4n) is 1.53. The maximum atomic E-state index is 11.0. The lowest BCUT2D eigenvalue weighted by Gasteiger charge is -2.27. The SMILES string of the molecule is N#C[C@H]1CCOCC1N/C=C(\C(=N)N)C(N)=O. The fourth-order valence-corrected chi connectivity index (χ4v) is 1.53. The molecule has 0 aromatic carbocycles. The molecule has 1 saturated heterocycles. The Morgan fingerprint density at radius 3 is 2.82 bits per heavy atom. The summed E-state index contributed by atoms with van der Waals surface area (Å²) in [7, 11) is 0. The maximum Gasteiger partial charge on any atom is 0.253 e. The molecule has 17 heavy (non-hydrogen) atoms. The number of primary amides is 1. The van der Waals surface area contributed by atoms with E-state index in [1.54, 1.807) is 0 Å². The number of ether oxygens (including phenoxy) is 1.